The Morgan fingerprint density at radius 1 is 0.238 bits per heavy atom. The van der Waals surface area contributed by atoms with Crippen LogP contribution in [0.5, 0.6) is 0 Å². The van der Waals surface area contributed by atoms with Crippen molar-refractivity contribution in [3.63, 3.8) is 0 Å². The SMILES string of the molecule is CCCCC(=O)c1[nH]c(-c2ccccc2)c2ccccc12.CCCCC(=O)c1[nH]c(-c2ccccc2)c2ccccc12.CCCCC(=O)c1[nH]c(-c2ccccc2)c2ccccc12.CCCCC(=O)c1[nH]c(-c2ccccc2)c2ccccc12. The van der Waals surface area contributed by atoms with Crippen LogP contribution in [0, 0.1) is 0 Å². The van der Waals surface area contributed by atoms with Gasteiger partial charge in [0.1, 0.15) is 0 Å². The van der Waals surface area contributed by atoms with Crippen molar-refractivity contribution in [1.82, 2.24) is 19.9 Å². The molecule has 0 atom stereocenters. The standard InChI is InChI=1S/4C19H19NO/c4*1-2-3-13-17(21)19-16-12-8-7-11-15(16)18(20-19)14-9-5-4-6-10-14/h4*4-12,20H,2-3,13H2,1H3. The zero-order valence-electron chi connectivity index (χ0n) is 48.9. The molecule has 424 valence electrons. The lowest BCUT2D eigenvalue weighted by Gasteiger charge is -1.99. The molecular formula is C76H76N4O4. The van der Waals surface area contributed by atoms with Gasteiger partial charge in [0.25, 0.3) is 0 Å². The number of fused-ring (bicyclic) bond motifs is 4. The number of rotatable bonds is 20. The molecule has 4 heterocycles. The Balaban J connectivity index is 0.000000134. The quantitative estimate of drug-likeness (QED) is 0.0566. The van der Waals surface area contributed by atoms with Gasteiger partial charge in [-0.1, -0.05) is 272 Å². The van der Waals surface area contributed by atoms with E-state index in [2.05, 4.69) is 120 Å². The van der Waals surface area contributed by atoms with E-state index in [0.717, 1.165) is 162 Å². The highest BCUT2D eigenvalue weighted by atomic mass is 16.1. The highest BCUT2D eigenvalue weighted by molar-refractivity contribution is 6.14. The lowest BCUT2D eigenvalue weighted by Crippen LogP contribution is -1.99. The van der Waals surface area contributed by atoms with Gasteiger partial charge in [0.05, 0.1) is 45.6 Å². The molecule has 84 heavy (non-hydrogen) atoms. The van der Waals surface area contributed by atoms with Crippen LogP contribution in [0.3, 0.4) is 0 Å². The van der Waals surface area contributed by atoms with E-state index in [4.69, 9.17) is 0 Å². The molecular weight excluding hydrogens is 1030 g/mol. The van der Waals surface area contributed by atoms with E-state index in [1.54, 1.807) is 0 Å². The third-order valence-corrected chi connectivity index (χ3v) is 15.3. The molecule has 4 N–H and O–H groups in total. The van der Waals surface area contributed by atoms with Crippen LogP contribution in [0.1, 0.15) is 147 Å². The fourth-order valence-corrected chi connectivity index (χ4v) is 10.8. The maximum atomic E-state index is 12.4. The number of benzene rings is 8. The Kier molecular flexibility index (Phi) is 20.8. The molecule has 0 radical (unpaired) electrons. The minimum absolute atomic E-state index is 0.204. The van der Waals surface area contributed by atoms with Gasteiger partial charge in [-0.05, 0) is 47.9 Å². The highest BCUT2D eigenvalue weighted by Gasteiger charge is 2.20. The van der Waals surface area contributed by atoms with Gasteiger partial charge in [-0.3, -0.25) is 19.2 Å². The number of unbranched alkanes of at least 4 members (excludes halogenated alkanes) is 4. The summed E-state index contributed by atoms with van der Waals surface area (Å²) in [5, 5.41) is 8.56. The summed E-state index contributed by atoms with van der Waals surface area (Å²) >= 11 is 0. The number of ketones is 4. The summed E-state index contributed by atoms with van der Waals surface area (Å²) in [6, 6.07) is 73.1. The van der Waals surface area contributed by atoms with Gasteiger partial charge < -0.3 is 19.9 Å². The van der Waals surface area contributed by atoms with E-state index in [0.29, 0.717) is 25.7 Å². The van der Waals surface area contributed by atoms with Crippen LogP contribution in [0.25, 0.3) is 88.1 Å². The molecule has 0 fully saturated rings. The lowest BCUT2D eigenvalue weighted by molar-refractivity contribution is 0.0969. The Labute approximate surface area is 493 Å². The van der Waals surface area contributed by atoms with Gasteiger partial charge in [0.2, 0.25) is 0 Å². The average Bonchev–Trinajstić information content (AvgIpc) is 3.38. The van der Waals surface area contributed by atoms with Gasteiger partial charge in [0.15, 0.2) is 23.1 Å². The van der Waals surface area contributed by atoms with Crippen molar-refractivity contribution >= 4 is 66.2 Å². The number of nitrogens with one attached hydrogen (secondary N) is 4. The number of Topliss-reactive ketones (excluding diaryl/α,β-unsaturated/α-hetero) is 4. The molecule has 0 unspecified atom stereocenters. The summed E-state index contributed by atoms with van der Waals surface area (Å²) in [5.74, 6) is 0.816. The summed E-state index contributed by atoms with van der Waals surface area (Å²) in [7, 11) is 0. The van der Waals surface area contributed by atoms with Crippen molar-refractivity contribution in [1.29, 1.82) is 0 Å². The number of carbonyl (C=O) groups excluding carboxylic acids is 4. The minimum atomic E-state index is 0.204. The molecule has 4 aromatic heterocycles. The minimum Gasteiger partial charge on any atom is -0.351 e. The van der Waals surface area contributed by atoms with Gasteiger partial charge >= 0.3 is 0 Å². The molecule has 8 heteroatoms. The highest BCUT2D eigenvalue weighted by Crippen LogP contribution is 2.35. The van der Waals surface area contributed by atoms with E-state index >= 15 is 0 Å². The third kappa shape index (κ3) is 14.1. The van der Waals surface area contributed by atoms with Crippen LogP contribution in [0.4, 0.5) is 0 Å². The molecule has 0 saturated carbocycles. The zero-order chi connectivity index (χ0) is 58.6. The van der Waals surface area contributed by atoms with Crippen LogP contribution in [0.2, 0.25) is 0 Å². The van der Waals surface area contributed by atoms with Crippen molar-refractivity contribution in [3.8, 4) is 45.0 Å². The molecule has 0 aliphatic rings. The number of aromatic nitrogens is 4. The van der Waals surface area contributed by atoms with Crippen molar-refractivity contribution in [2.24, 2.45) is 0 Å². The fraction of sp³-hybridized carbons (Fsp3) is 0.211. The molecule has 0 aliphatic carbocycles. The molecule has 8 nitrogen and oxygen atoms in total. The van der Waals surface area contributed by atoms with Gasteiger partial charge in [-0.25, -0.2) is 0 Å². The Hall–Kier alpha value is -9.40. The maximum Gasteiger partial charge on any atom is 0.179 e. The van der Waals surface area contributed by atoms with E-state index in [-0.39, 0.29) is 23.1 Å². The average molecular weight is 1110 g/mol. The van der Waals surface area contributed by atoms with Crippen LogP contribution in [-0.2, 0) is 0 Å². The molecule has 8 aromatic carbocycles. The van der Waals surface area contributed by atoms with E-state index < -0.39 is 0 Å². The number of H-pyrrole nitrogens is 4. The van der Waals surface area contributed by atoms with Gasteiger partial charge in [0, 0.05) is 68.8 Å². The summed E-state index contributed by atoms with van der Waals surface area (Å²) < 4.78 is 0. The second kappa shape index (κ2) is 29.5. The van der Waals surface area contributed by atoms with E-state index in [1.807, 2.05) is 146 Å². The predicted octanol–water partition coefficient (Wildman–Crippen LogP) is 20.8. The van der Waals surface area contributed by atoms with Crippen molar-refractivity contribution in [2.75, 3.05) is 0 Å². The summed E-state index contributed by atoms with van der Waals surface area (Å²) in [5.41, 5.74) is 11.6. The second-order valence-corrected chi connectivity index (χ2v) is 21.3. The van der Waals surface area contributed by atoms with Crippen molar-refractivity contribution in [3.05, 3.63) is 241 Å². The topological polar surface area (TPSA) is 131 Å². The van der Waals surface area contributed by atoms with Crippen LogP contribution >= 0.6 is 0 Å². The number of hydrogen-bond donors (Lipinski definition) is 4. The summed E-state index contributed by atoms with van der Waals surface area (Å²) in [6.45, 7) is 8.43. The molecule has 12 aromatic rings. The molecule has 0 amide bonds. The monoisotopic (exact) mass is 1110 g/mol. The first-order valence-electron chi connectivity index (χ1n) is 30.0. The number of aromatic amines is 4. The normalized spacial score (nSPS) is 10.9. The number of hydrogen-bond acceptors (Lipinski definition) is 4. The van der Waals surface area contributed by atoms with Crippen LogP contribution in [-0.4, -0.2) is 43.1 Å². The summed E-state index contributed by atoms with van der Waals surface area (Å²) in [4.78, 5) is 63.2. The van der Waals surface area contributed by atoms with Crippen LogP contribution < -0.4 is 0 Å². The molecule has 12 rings (SSSR count). The predicted molar refractivity (Wildman–Crippen MR) is 350 cm³/mol. The first-order chi connectivity index (χ1) is 41.2. The first kappa shape index (κ1) is 59.2. The maximum absolute atomic E-state index is 12.4. The zero-order valence-corrected chi connectivity index (χ0v) is 48.9. The van der Waals surface area contributed by atoms with Gasteiger partial charge in [-0.15, -0.1) is 0 Å². The summed E-state index contributed by atoms with van der Waals surface area (Å²) in [6.07, 6.45) is 10.3. The fourth-order valence-electron chi connectivity index (χ4n) is 10.8. The van der Waals surface area contributed by atoms with Crippen molar-refractivity contribution in [2.45, 2.75) is 105 Å². The Morgan fingerprint density at radius 3 is 0.583 bits per heavy atom. The first-order valence-corrected chi connectivity index (χ1v) is 30.0. The van der Waals surface area contributed by atoms with E-state index in [1.165, 1.54) is 0 Å². The lowest BCUT2D eigenvalue weighted by atomic mass is 10.0. The van der Waals surface area contributed by atoms with Crippen molar-refractivity contribution < 1.29 is 19.2 Å². The third-order valence-electron chi connectivity index (χ3n) is 15.3. The Morgan fingerprint density at radius 2 is 0.405 bits per heavy atom. The largest absolute Gasteiger partial charge is 0.351 e. The van der Waals surface area contributed by atoms with Crippen LogP contribution in [0.15, 0.2) is 218 Å². The molecule has 0 spiro atoms. The number of carbonyl (C=O) groups is 4. The van der Waals surface area contributed by atoms with Gasteiger partial charge in [-0.2, -0.15) is 0 Å². The second-order valence-electron chi connectivity index (χ2n) is 21.3. The smallest absolute Gasteiger partial charge is 0.179 e. The molecule has 0 saturated heterocycles. The molecule has 0 aliphatic heterocycles. The molecule has 0 bridgehead atoms. The van der Waals surface area contributed by atoms with E-state index in [9.17, 15) is 19.2 Å². The Bertz CT molecular complexity index is 3560.